The van der Waals surface area contributed by atoms with Gasteiger partial charge in [0, 0.05) is 11.6 Å². The Bertz CT molecular complexity index is 1050. The van der Waals surface area contributed by atoms with Crippen LogP contribution in [0.2, 0.25) is 0 Å². The number of terminal acetylenes is 1. The van der Waals surface area contributed by atoms with E-state index < -0.39 is 47.6 Å². The minimum absolute atomic E-state index is 0.319. The molecular formula is C30H45N3O6S. The third kappa shape index (κ3) is 11.5. The number of nitrogens with zero attached hydrogens (tertiary/aromatic N) is 1. The molecule has 0 aliphatic heterocycles. The van der Waals surface area contributed by atoms with Crippen molar-refractivity contribution >= 4 is 35.6 Å². The fourth-order valence-corrected chi connectivity index (χ4v) is 4.52. The number of ether oxygens (including phenoxy) is 2. The van der Waals surface area contributed by atoms with Crippen LogP contribution in [0.15, 0.2) is 24.3 Å². The maximum absolute atomic E-state index is 14.4. The Kier molecular flexibility index (Phi) is 14.6. The Morgan fingerprint density at radius 1 is 1.07 bits per heavy atom. The molecule has 10 heteroatoms. The van der Waals surface area contributed by atoms with Gasteiger partial charge in [-0.3, -0.25) is 14.4 Å². The first-order valence-electron chi connectivity index (χ1n) is 13.5. The standard InChI is InChI=1S/C30H45N3O6S/c1-10-22-13-11-12-14-23(22)26(27(35)31-19-25(34)38-8)33(21(4)16-15-20(2)3)28(36)24(17-18-40-9)32-29(37)39-30(5,6)7/h1,11-14,20-21,24,26H,15-19H2,2-9H3,(H,31,35)(H,32,37). The molecule has 0 saturated heterocycles. The lowest BCUT2D eigenvalue weighted by Gasteiger charge is -2.39. The van der Waals surface area contributed by atoms with Crippen molar-refractivity contribution in [1.82, 2.24) is 15.5 Å². The Morgan fingerprint density at radius 2 is 1.73 bits per heavy atom. The largest absolute Gasteiger partial charge is 0.468 e. The number of thioether (sulfide) groups is 1. The number of benzene rings is 1. The molecule has 3 atom stereocenters. The van der Waals surface area contributed by atoms with Crippen molar-refractivity contribution in [2.24, 2.45) is 5.92 Å². The van der Waals surface area contributed by atoms with Gasteiger partial charge in [0.05, 0.1) is 7.11 Å². The van der Waals surface area contributed by atoms with Gasteiger partial charge >= 0.3 is 12.1 Å². The maximum atomic E-state index is 14.4. The Labute approximate surface area is 243 Å². The molecule has 0 aromatic heterocycles. The van der Waals surface area contributed by atoms with Gasteiger partial charge in [-0.25, -0.2) is 4.79 Å². The van der Waals surface area contributed by atoms with Gasteiger partial charge in [0.2, 0.25) is 11.8 Å². The zero-order valence-electron chi connectivity index (χ0n) is 25.0. The van der Waals surface area contributed by atoms with Gasteiger partial charge in [0.15, 0.2) is 0 Å². The Balaban J connectivity index is 3.69. The molecule has 2 N–H and O–H groups in total. The average Bonchev–Trinajstić information content (AvgIpc) is 2.89. The highest BCUT2D eigenvalue weighted by Crippen LogP contribution is 2.30. The third-order valence-corrected chi connectivity index (χ3v) is 6.71. The van der Waals surface area contributed by atoms with Crippen molar-refractivity contribution in [3.8, 4) is 12.3 Å². The van der Waals surface area contributed by atoms with Gasteiger partial charge in [0.1, 0.15) is 24.2 Å². The average molecular weight is 576 g/mol. The summed E-state index contributed by atoms with van der Waals surface area (Å²) in [6, 6.07) is 4.35. The molecule has 1 rings (SSSR count). The van der Waals surface area contributed by atoms with Crippen LogP contribution in [0.4, 0.5) is 4.79 Å². The lowest BCUT2D eigenvalue weighted by molar-refractivity contribution is -0.146. The number of nitrogens with one attached hydrogen (secondary N) is 2. The number of carbonyl (C=O) groups excluding carboxylic acids is 4. The Morgan fingerprint density at radius 3 is 2.27 bits per heavy atom. The summed E-state index contributed by atoms with van der Waals surface area (Å²) in [5.41, 5.74) is 0.122. The molecule has 1 aromatic rings. The Hall–Kier alpha value is -3.19. The summed E-state index contributed by atoms with van der Waals surface area (Å²) in [6.07, 6.45) is 8.70. The van der Waals surface area contributed by atoms with Crippen molar-refractivity contribution in [3.05, 3.63) is 35.4 Å². The van der Waals surface area contributed by atoms with E-state index in [9.17, 15) is 19.2 Å². The van der Waals surface area contributed by atoms with Gasteiger partial charge in [0.25, 0.3) is 0 Å². The smallest absolute Gasteiger partial charge is 0.408 e. The van der Waals surface area contributed by atoms with Crippen molar-refractivity contribution in [3.63, 3.8) is 0 Å². The second-order valence-electron chi connectivity index (χ2n) is 11.0. The summed E-state index contributed by atoms with van der Waals surface area (Å²) in [4.78, 5) is 54.3. The molecule has 222 valence electrons. The highest BCUT2D eigenvalue weighted by molar-refractivity contribution is 7.98. The van der Waals surface area contributed by atoms with E-state index in [-0.39, 0.29) is 6.54 Å². The number of hydrogen-bond acceptors (Lipinski definition) is 7. The number of esters is 1. The van der Waals surface area contributed by atoms with Crippen LogP contribution in [0.3, 0.4) is 0 Å². The van der Waals surface area contributed by atoms with Crippen LogP contribution in [0.25, 0.3) is 0 Å². The van der Waals surface area contributed by atoms with E-state index in [4.69, 9.17) is 11.2 Å². The fraction of sp³-hybridized carbons (Fsp3) is 0.600. The van der Waals surface area contributed by atoms with E-state index in [1.165, 1.54) is 23.8 Å². The van der Waals surface area contributed by atoms with E-state index >= 15 is 0 Å². The summed E-state index contributed by atoms with van der Waals surface area (Å²) in [5, 5.41) is 5.33. The second kappa shape index (κ2) is 16.8. The predicted molar refractivity (Wildman–Crippen MR) is 159 cm³/mol. The predicted octanol–water partition coefficient (Wildman–Crippen LogP) is 4.30. The molecule has 3 unspecified atom stereocenters. The molecule has 0 fully saturated rings. The number of methoxy groups -OCH3 is 1. The molecule has 0 radical (unpaired) electrons. The number of amides is 3. The molecular weight excluding hydrogens is 530 g/mol. The summed E-state index contributed by atoms with van der Waals surface area (Å²) < 4.78 is 10.1. The van der Waals surface area contributed by atoms with Crippen LogP contribution < -0.4 is 10.6 Å². The molecule has 1 aromatic carbocycles. The molecule has 0 bridgehead atoms. The number of hydrogen-bond donors (Lipinski definition) is 2. The summed E-state index contributed by atoms with van der Waals surface area (Å²) in [7, 11) is 1.22. The van der Waals surface area contributed by atoms with Crippen LogP contribution in [0.1, 0.15) is 78.0 Å². The monoisotopic (exact) mass is 575 g/mol. The molecule has 0 aliphatic rings. The minimum atomic E-state index is -1.16. The summed E-state index contributed by atoms with van der Waals surface area (Å²) >= 11 is 1.53. The molecule has 3 amide bonds. The van der Waals surface area contributed by atoms with E-state index in [1.807, 2.05) is 13.2 Å². The molecule has 9 nitrogen and oxygen atoms in total. The lowest BCUT2D eigenvalue weighted by Crippen LogP contribution is -2.56. The van der Waals surface area contributed by atoms with E-state index in [1.54, 1.807) is 45.0 Å². The first kappa shape index (κ1) is 34.8. The van der Waals surface area contributed by atoms with Gasteiger partial charge in [-0.05, 0) is 76.5 Å². The van der Waals surface area contributed by atoms with Gasteiger partial charge in [-0.1, -0.05) is 38.0 Å². The minimum Gasteiger partial charge on any atom is -0.468 e. The second-order valence-corrected chi connectivity index (χ2v) is 12.0. The third-order valence-electron chi connectivity index (χ3n) is 6.06. The van der Waals surface area contributed by atoms with Crippen molar-refractivity contribution in [1.29, 1.82) is 0 Å². The normalized spacial score (nSPS) is 13.4. The van der Waals surface area contributed by atoms with Crippen LogP contribution in [0, 0.1) is 18.3 Å². The molecule has 0 aliphatic carbocycles. The first-order chi connectivity index (χ1) is 18.7. The highest BCUT2D eigenvalue weighted by atomic mass is 32.2. The van der Waals surface area contributed by atoms with E-state index in [2.05, 4.69) is 35.1 Å². The number of rotatable bonds is 14. The fourth-order valence-electron chi connectivity index (χ4n) is 4.05. The first-order valence-corrected chi connectivity index (χ1v) is 14.9. The van der Waals surface area contributed by atoms with Crippen molar-refractivity contribution < 1.29 is 28.7 Å². The SMILES string of the molecule is C#Cc1ccccc1C(C(=O)NCC(=O)OC)N(C(=O)C(CCSC)NC(=O)OC(C)(C)C)C(C)CCC(C)C. The number of carbonyl (C=O) groups is 4. The maximum Gasteiger partial charge on any atom is 0.408 e. The van der Waals surface area contributed by atoms with E-state index in [0.29, 0.717) is 35.6 Å². The van der Waals surface area contributed by atoms with Crippen molar-refractivity contribution in [2.45, 2.75) is 84.5 Å². The van der Waals surface area contributed by atoms with Crippen LogP contribution in [0.5, 0.6) is 0 Å². The molecule has 40 heavy (non-hydrogen) atoms. The van der Waals surface area contributed by atoms with Crippen LogP contribution in [-0.2, 0) is 23.9 Å². The summed E-state index contributed by atoms with van der Waals surface area (Å²) in [6.45, 7) is 10.9. The molecule has 0 heterocycles. The van der Waals surface area contributed by atoms with Crippen molar-refractivity contribution in [2.75, 3.05) is 25.7 Å². The molecule has 0 saturated carbocycles. The van der Waals surface area contributed by atoms with Crippen LogP contribution in [-0.4, -0.2) is 72.1 Å². The highest BCUT2D eigenvalue weighted by Gasteiger charge is 2.39. The molecule has 0 spiro atoms. The quantitative estimate of drug-likeness (QED) is 0.251. The number of alkyl carbamates (subject to hydrolysis) is 1. The zero-order valence-corrected chi connectivity index (χ0v) is 25.9. The van der Waals surface area contributed by atoms with Gasteiger partial charge < -0.3 is 25.0 Å². The van der Waals surface area contributed by atoms with Gasteiger partial charge in [-0.2, -0.15) is 11.8 Å². The van der Waals surface area contributed by atoms with E-state index in [0.717, 1.165) is 6.42 Å². The van der Waals surface area contributed by atoms with Crippen LogP contribution >= 0.6 is 11.8 Å². The topological polar surface area (TPSA) is 114 Å². The lowest BCUT2D eigenvalue weighted by atomic mass is 9.94. The zero-order chi connectivity index (χ0) is 30.5. The summed E-state index contributed by atoms with van der Waals surface area (Å²) in [5.74, 6) is 1.89. The van der Waals surface area contributed by atoms with Gasteiger partial charge in [-0.15, -0.1) is 6.42 Å².